The molecule has 0 aliphatic heterocycles. The number of ether oxygens (including phenoxy) is 1. The zero-order chi connectivity index (χ0) is 21.6. The first-order chi connectivity index (χ1) is 14.3. The summed E-state index contributed by atoms with van der Waals surface area (Å²) in [5.74, 6) is 4.75. The van der Waals surface area contributed by atoms with E-state index < -0.39 is 17.6 Å². The second-order valence-corrected chi connectivity index (χ2v) is 6.38. The number of benzene rings is 2. The Labute approximate surface area is 174 Å². The van der Waals surface area contributed by atoms with E-state index in [9.17, 15) is 18.0 Å². The van der Waals surface area contributed by atoms with Gasteiger partial charge in [-0.3, -0.25) is 4.79 Å². The minimum absolute atomic E-state index is 0.122. The molecular weight excluding hydrogens is 421 g/mol. The van der Waals surface area contributed by atoms with E-state index >= 15 is 0 Å². The third kappa shape index (κ3) is 5.99. The van der Waals surface area contributed by atoms with E-state index in [0.717, 1.165) is 18.2 Å². The highest BCUT2D eigenvalue weighted by molar-refractivity contribution is 6.31. The maximum atomic E-state index is 12.6. The lowest BCUT2D eigenvalue weighted by atomic mass is 10.1. The van der Waals surface area contributed by atoms with Crippen molar-refractivity contribution in [2.24, 2.45) is 0 Å². The van der Waals surface area contributed by atoms with E-state index in [0.29, 0.717) is 24.6 Å². The summed E-state index contributed by atoms with van der Waals surface area (Å²) >= 11 is 5.81. The minimum Gasteiger partial charge on any atom is -0.492 e. The number of amides is 1. The zero-order valence-electron chi connectivity index (χ0n) is 15.3. The molecule has 0 fully saturated rings. The maximum Gasteiger partial charge on any atom is 0.416 e. The van der Waals surface area contributed by atoms with Gasteiger partial charge < -0.3 is 14.6 Å². The number of nitrogens with zero attached hydrogens (tertiary/aromatic N) is 3. The first kappa shape index (κ1) is 21.2. The lowest BCUT2D eigenvalue weighted by molar-refractivity contribution is -0.137. The summed E-state index contributed by atoms with van der Waals surface area (Å²) < 4.78 is 45.3. The summed E-state index contributed by atoms with van der Waals surface area (Å²) in [5, 5.41) is 9.77. The highest BCUT2D eigenvalue weighted by Gasteiger charge is 2.30. The molecule has 10 heteroatoms. The highest BCUT2D eigenvalue weighted by Crippen LogP contribution is 2.31. The van der Waals surface area contributed by atoms with Crippen LogP contribution in [-0.2, 0) is 17.5 Å². The molecule has 3 rings (SSSR count). The summed E-state index contributed by atoms with van der Waals surface area (Å²) in [7, 11) is 0. The van der Waals surface area contributed by atoms with E-state index in [2.05, 4.69) is 27.4 Å². The van der Waals surface area contributed by atoms with E-state index in [1.807, 2.05) is 0 Å². The molecule has 6 nitrogen and oxygen atoms in total. The van der Waals surface area contributed by atoms with Crippen LogP contribution in [0, 0.1) is 11.8 Å². The first-order valence-corrected chi connectivity index (χ1v) is 8.94. The Bertz CT molecular complexity index is 1070. The van der Waals surface area contributed by atoms with Crippen molar-refractivity contribution >= 4 is 23.2 Å². The predicted molar refractivity (Wildman–Crippen MR) is 104 cm³/mol. The van der Waals surface area contributed by atoms with E-state index in [1.165, 1.54) is 0 Å². The fraction of sp³-hybridized carbons (Fsp3) is 0.150. The fourth-order valence-electron chi connectivity index (χ4n) is 2.32. The van der Waals surface area contributed by atoms with Crippen LogP contribution in [0.3, 0.4) is 0 Å². The molecule has 0 aliphatic carbocycles. The fourth-order valence-corrected chi connectivity index (χ4v) is 2.55. The van der Waals surface area contributed by atoms with Gasteiger partial charge in [0.15, 0.2) is 0 Å². The molecule has 3 aromatic rings. The lowest BCUT2D eigenvalue weighted by Crippen LogP contribution is -2.09. The Morgan fingerprint density at radius 2 is 1.83 bits per heavy atom. The highest BCUT2D eigenvalue weighted by atomic mass is 35.5. The lowest BCUT2D eigenvalue weighted by Gasteiger charge is -2.07. The van der Waals surface area contributed by atoms with Gasteiger partial charge in [0.1, 0.15) is 25.0 Å². The number of hydrogen-bond acceptors (Lipinski definition) is 4. The number of carbonyl (C=O) groups is 1. The number of hydrogen-bond donors (Lipinski definition) is 1. The standard InChI is InChI=1S/C20H14ClF3N4O2/c21-18-11-15(20(22,23)24)3-1-14(18)2-8-19(29)27-16-4-6-17(7-5-16)30-10-9-28-12-25-26-13-28/h1,3-7,11-13H,9-10H2,(H,27,29). The number of rotatable bonds is 5. The Morgan fingerprint density at radius 1 is 1.13 bits per heavy atom. The summed E-state index contributed by atoms with van der Waals surface area (Å²) in [5.41, 5.74) is -0.276. The van der Waals surface area contributed by atoms with Crippen LogP contribution >= 0.6 is 11.6 Å². The molecule has 0 aliphatic rings. The molecule has 0 radical (unpaired) electrons. The number of halogens is 4. The van der Waals surface area contributed by atoms with E-state index in [4.69, 9.17) is 16.3 Å². The number of anilines is 1. The summed E-state index contributed by atoms with van der Waals surface area (Å²) in [6.45, 7) is 1.01. The number of aromatic nitrogens is 3. The van der Waals surface area contributed by atoms with E-state index in [-0.39, 0.29) is 10.6 Å². The summed E-state index contributed by atoms with van der Waals surface area (Å²) in [4.78, 5) is 12.0. The average Bonchev–Trinajstić information content (AvgIpc) is 3.21. The molecule has 0 unspecified atom stereocenters. The van der Waals surface area contributed by atoms with Crippen LogP contribution in [0.4, 0.5) is 18.9 Å². The number of carbonyl (C=O) groups excluding carboxylic acids is 1. The van der Waals surface area contributed by atoms with Gasteiger partial charge in [0, 0.05) is 17.2 Å². The number of alkyl halides is 3. The molecule has 0 atom stereocenters. The van der Waals surface area contributed by atoms with Crippen molar-refractivity contribution in [1.82, 2.24) is 14.8 Å². The molecule has 154 valence electrons. The third-order valence-corrected chi connectivity index (χ3v) is 4.12. The van der Waals surface area contributed by atoms with Crippen molar-refractivity contribution in [3.8, 4) is 17.6 Å². The second kappa shape index (κ2) is 9.33. The van der Waals surface area contributed by atoms with Gasteiger partial charge in [0.2, 0.25) is 0 Å². The molecule has 2 aromatic carbocycles. The quantitative estimate of drug-likeness (QED) is 0.616. The van der Waals surface area contributed by atoms with Crippen LogP contribution < -0.4 is 10.1 Å². The van der Waals surface area contributed by atoms with Crippen LogP contribution in [0.15, 0.2) is 55.1 Å². The largest absolute Gasteiger partial charge is 0.492 e. The summed E-state index contributed by atoms with van der Waals surface area (Å²) in [6.07, 6.45) is -1.33. The van der Waals surface area contributed by atoms with Crippen molar-refractivity contribution in [1.29, 1.82) is 0 Å². The summed E-state index contributed by atoms with van der Waals surface area (Å²) in [6, 6.07) is 9.39. The molecular formula is C20H14ClF3N4O2. The molecule has 1 N–H and O–H groups in total. The van der Waals surface area contributed by atoms with Gasteiger partial charge in [-0.1, -0.05) is 17.5 Å². The van der Waals surface area contributed by atoms with Crippen molar-refractivity contribution in [3.63, 3.8) is 0 Å². The minimum atomic E-state index is -4.50. The van der Waals surface area contributed by atoms with Crippen molar-refractivity contribution in [2.45, 2.75) is 12.7 Å². The van der Waals surface area contributed by atoms with Crippen LogP contribution in [0.1, 0.15) is 11.1 Å². The molecule has 0 bridgehead atoms. The first-order valence-electron chi connectivity index (χ1n) is 8.56. The normalized spacial score (nSPS) is 10.8. The second-order valence-electron chi connectivity index (χ2n) is 5.97. The van der Waals surface area contributed by atoms with Gasteiger partial charge >= 0.3 is 12.1 Å². The maximum absolute atomic E-state index is 12.6. The molecule has 1 aromatic heterocycles. The third-order valence-electron chi connectivity index (χ3n) is 3.80. The van der Waals surface area contributed by atoms with Crippen LogP contribution in [0.25, 0.3) is 0 Å². The predicted octanol–water partition coefficient (Wildman–Crippen LogP) is 4.02. The van der Waals surface area contributed by atoms with Crippen LogP contribution in [0.5, 0.6) is 5.75 Å². The topological polar surface area (TPSA) is 69.0 Å². The van der Waals surface area contributed by atoms with Gasteiger partial charge in [0.25, 0.3) is 0 Å². The molecule has 0 saturated heterocycles. The van der Waals surface area contributed by atoms with Gasteiger partial charge in [0.05, 0.1) is 17.1 Å². The van der Waals surface area contributed by atoms with Gasteiger partial charge in [-0.2, -0.15) is 13.2 Å². The Hall–Kier alpha value is -3.51. The SMILES string of the molecule is O=C(C#Cc1ccc(C(F)(F)F)cc1Cl)Nc1ccc(OCCn2cnnc2)cc1. The Kier molecular flexibility index (Phi) is 6.59. The number of nitrogens with one attached hydrogen (secondary N) is 1. The van der Waals surface area contributed by atoms with E-state index in [1.54, 1.807) is 41.5 Å². The zero-order valence-corrected chi connectivity index (χ0v) is 16.0. The monoisotopic (exact) mass is 434 g/mol. The van der Waals surface area contributed by atoms with Crippen molar-refractivity contribution < 1.29 is 22.7 Å². The molecule has 0 spiro atoms. The van der Waals surface area contributed by atoms with Crippen molar-refractivity contribution in [3.05, 3.63) is 71.3 Å². The Balaban J connectivity index is 1.54. The van der Waals surface area contributed by atoms with Crippen molar-refractivity contribution in [2.75, 3.05) is 11.9 Å². The molecule has 1 amide bonds. The van der Waals surface area contributed by atoms with Crippen LogP contribution in [0.2, 0.25) is 5.02 Å². The van der Waals surface area contributed by atoms with Gasteiger partial charge in [-0.25, -0.2) is 0 Å². The molecule has 0 saturated carbocycles. The molecule has 1 heterocycles. The van der Waals surface area contributed by atoms with Gasteiger partial charge in [-0.05, 0) is 42.5 Å². The molecule has 30 heavy (non-hydrogen) atoms. The Morgan fingerprint density at radius 3 is 2.47 bits per heavy atom. The van der Waals surface area contributed by atoms with Gasteiger partial charge in [-0.15, -0.1) is 10.2 Å². The smallest absolute Gasteiger partial charge is 0.416 e. The van der Waals surface area contributed by atoms with Crippen LogP contribution in [-0.4, -0.2) is 27.3 Å². The average molecular weight is 435 g/mol.